The van der Waals surface area contributed by atoms with Crippen LogP contribution in [0.15, 0.2) is 6.07 Å². The molecule has 0 unspecified atom stereocenters. The Labute approximate surface area is 203 Å². The summed E-state index contributed by atoms with van der Waals surface area (Å²) in [5, 5.41) is 11.3. The summed E-state index contributed by atoms with van der Waals surface area (Å²) in [6.07, 6.45) is 8.87. The van der Waals surface area contributed by atoms with Crippen LogP contribution in [0.5, 0.6) is 0 Å². The van der Waals surface area contributed by atoms with Gasteiger partial charge in [0.2, 0.25) is 5.95 Å². The minimum Gasteiger partial charge on any atom is -0.362 e. The van der Waals surface area contributed by atoms with Gasteiger partial charge in [0.15, 0.2) is 0 Å². The summed E-state index contributed by atoms with van der Waals surface area (Å²) < 4.78 is 1.69. The van der Waals surface area contributed by atoms with Crippen LogP contribution in [0, 0.1) is 5.92 Å². The molecule has 1 fully saturated rings. The van der Waals surface area contributed by atoms with Crippen LogP contribution in [-0.4, -0.2) is 52.3 Å². The summed E-state index contributed by atoms with van der Waals surface area (Å²) in [5.41, 5.74) is 4.03. The summed E-state index contributed by atoms with van der Waals surface area (Å²) in [5.74, 6) is 2.30. The third kappa shape index (κ3) is 5.53. The molecule has 1 saturated carbocycles. The topological polar surface area (TPSA) is 88.0 Å². The molecule has 0 aliphatic heterocycles. The zero-order valence-corrected chi connectivity index (χ0v) is 21.7. The number of nitrogens with one attached hydrogen (secondary N) is 2. The van der Waals surface area contributed by atoms with E-state index in [0.29, 0.717) is 24.2 Å². The van der Waals surface area contributed by atoms with Crippen molar-refractivity contribution in [1.82, 2.24) is 25.1 Å². The maximum absolute atomic E-state index is 12.8. The summed E-state index contributed by atoms with van der Waals surface area (Å²) in [7, 11) is 5.97. The van der Waals surface area contributed by atoms with Crippen LogP contribution >= 0.6 is 0 Å². The first kappa shape index (κ1) is 24.5. The van der Waals surface area contributed by atoms with E-state index in [1.807, 2.05) is 13.1 Å². The molecule has 1 amide bonds. The number of nitrogens with zero attached hydrogens (tertiary/aromatic N) is 5. The van der Waals surface area contributed by atoms with Gasteiger partial charge in [0, 0.05) is 44.7 Å². The van der Waals surface area contributed by atoms with Gasteiger partial charge in [-0.2, -0.15) is 10.1 Å². The molecule has 2 aliphatic rings. The lowest BCUT2D eigenvalue weighted by Crippen LogP contribution is -2.35. The highest BCUT2D eigenvalue weighted by atomic mass is 16.2. The van der Waals surface area contributed by atoms with Crippen molar-refractivity contribution < 1.29 is 4.79 Å². The Kier molecular flexibility index (Phi) is 7.14. The van der Waals surface area contributed by atoms with Gasteiger partial charge >= 0.3 is 0 Å². The lowest BCUT2D eigenvalue weighted by atomic mass is 9.86. The standard InChI is InChI=1S/C26H41N7O/c1-26(2,3)22-15-21(33(6)31-22)24(34)27-16-17-11-13-18(14-12-17)28-25-29-20-10-8-7-9-19(20)23(30-25)32(4)5/h15,17-18H,7-14,16H2,1-6H3,(H,27,34)(H,28,29,30). The molecule has 186 valence electrons. The molecule has 8 heteroatoms. The average Bonchev–Trinajstić information content (AvgIpc) is 3.20. The van der Waals surface area contributed by atoms with Crippen LogP contribution in [0.2, 0.25) is 0 Å². The maximum atomic E-state index is 12.8. The van der Waals surface area contributed by atoms with E-state index in [2.05, 4.69) is 55.5 Å². The SMILES string of the molecule is CN(C)c1nc(NC2CCC(CNC(=O)c3cc(C(C)(C)C)nn3C)CC2)nc2c1CCCC2. The molecule has 2 aliphatic carbocycles. The van der Waals surface area contributed by atoms with Crippen molar-refractivity contribution in [2.24, 2.45) is 13.0 Å². The van der Waals surface area contributed by atoms with E-state index in [1.54, 1.807) is 4.68 Å². The zero-order chi connectivity index (χ0) is 24.5. The Morgan fingerprint density at radius 2 is 1.82 bits per heavy atom. The van der Waals surface area contributed by atoms with Gasteiger partial charge in [-0.05, 0) is 63.4 Å². The second-order valence-electron chi connectivity index (χ2n) is 11.3. The first-order chi connectivity index (χ1) is 16.1. The minimum atomic E-state index is -0.0727. The number of amides is 1. The highest BCUT2D eigenvalue weighted by Crippen LogP contribution is 2.30. The largest absolute Gasteiger partial charge is 0.362 e. The molecular formula is C26H41N7O. The van der Waals surface area contributed by atoms with Gasteiger partial charge < -0.3 is 15.5 Å². The molecular weight excluding hydrogens is 426 g/mol. The fourth-order valence-corrected chi connectivity index (χ4v) is 5.08. The maximum Gasteiger partial charge on any atom is 0.269 e. The van der Waals surface area contributed by atoms with E-state index >= 15 is 0 Å². The highest BCUT2D eigenvalue weighted by Gasteiger charge is 2.26. The first-order valence-corrected chi connectivity index (χ1v) is 12.8. The van der Waals surface area contributed by atoms with Crippen LogP contribution < -0.4 is 15.5 Å². The molecule has 0 spiro atoms. The number of fused-ring (bicyclic) bond motifs is 1. The van der Waals surface area contributed by atoms with Crippen LogP contribution in [0.4, 0.5) is 11.8 Å². The molecule has 2 heterocycles. The van der Waals surface area contributed by atoms with Gasteiger partial charge in [0.05, 0.1) is 11.4 Å². The Morgan fingerprint density at radius 3 is 2.47 bits per heavy atom. The molecule has 0 bridgehead atoms. The van der Waals surface area contributed by atoms with Crippen LogP contribution in [0.3, 0.4) is 0 Å². The Hall–Kier alpha value is -2.64. The van der Waals surface area contributed by atoms with E-state index in [0.717, 1.165) is 56.0 Å². The smallest absolute Gasteiger partial charge is 0.269 e. The quantitative estimate of drug-likeness (QED) is 0.671. The summed E-state index contributed by atoms with van der Waals surface area (Å²) in [4.78, 5) is 24.6. The molecule has 2 N–H and O–H groups in total. The van der Waals surface area contributed by atoms with Gasteiger partial charge in [-0.3, -0.25) is 9.48 Å². The fourth-order valence-electron chi connectivity index (χ4n) is 5.08. The Bertz CT molecular complexity index is 1010. The molecule has 0 atom stereocenters. The lowest BCUT2D eigenvalue weighted by Gasteiger charge is -2.30. The summed E-state index contributed by atoms with van der Waals surface area (Å²) in [6, 6.07) is 2.30. The van der Waals surface area contributed by atoms with Crippen molar-refractivity contribution in [3.63, 3.8) is 0 Å². The number of aromatic nitrogens is 4. The number of carbonyl (C=O) groups excluding carboxylic acids is 1. The molecule has 34 heavy (non-hydrogen) atoms. The molecule has 2 aromatic rings. The number of anilines is 2. The van der Waals surface area contributed by atoms with Crippen molar-refractivity contribution in [3.05, 3.63) is 28.7 Å². The number of hydrogen-bond acceptors (Lipinski definition) is 6. The normalized spacial score (nSPS) is 20.5. The van der Waals surface area contributed by atoms with Crippen molar-refractivity contribution in [2.75, 3.05) is 30.9 Å². The minimum absolute atomic E-state index is 0.0376. The van der Waals surface area contributed by atoms with E-state index < -0.39 is 0 Å². The molecule has 0 saturated heterocycles. The van der Waals surface area contributed by atoms with Crippen LogP contribution in [-0.2, 0) is 25.3 Å². The average molecular weight is 468 g/mol. The first-order valence-electron chi connectivity index (χ1n) is 12.8. The van der Waals surface area contributed by atoms with Gasteiger partial charge in [-0.25, -0.2) is 4.98 Å². The zero-order valence-electron chi connectivity index (χ0n) is 21.7. The van der Waals surface area contributed by atoms with Crippen molar-refractivity contribution in [3.8, 4) is 0 Å². The molecule has 2 aromatic heterocycles. The number of rotatable bonds is 6. The second kappa shape index (κ2) is 9.92. The number of aryl methyl sites for hydroxylation is 2. The van der Waals surface area contributed by atoms with Gasteiger partial charge in [-0.1, -0.05) is 20.8 Å². The number of carbonyl (C=O) groups is 1. The van der Waals surface area contributed by atoms with E-state index in [9.17, 15) is 4.79 Å². The fraction of sp³-hybridized carbons (Fsp3) is 0.692. The highest BCUT2D eigenvalue weighted by molar-refractivity contribution is 5.92. The Morgan fingerprint density at radius 1 is 1.12 bits per heavy atom. The van der Waals surface area contributed by atoms with Gasteiger partial charge in [0.1, 0.15) is 11.5 Å². The lowest BCUT2D eigenvalue weighted by molar-refractivity contribution is 0.0934. The Balaban J connectivity index is 1.29. The van der Waals surface area contributed by atoms with Crippen molar-refractivity contribution >= 4 is 17.7 Å². The molecule has 4 rings (SSSR count). The van der Waals surface area contributed by atoms with Gasteiger partial charge in [-0.15, -0.1) is 0 Å². The second-order valence-corrected chi connectivity index (χ2v) is 11.3. The monoisotopic (exact) mass is 467 g/mol. The third-order valence-corrected chi connectivity index (χ3v) is 7.20. The molecule has 8 nitrogen and oxygen atoms in total. The summed E-state index contributed by atoms with van der Waals surface area (Å²) >= 11 is 0. The van der Waals surface area contributed by atoms with E-state index in [-0.39, 0.29) is 11.3 Å². The molecule has 0 radical (unpaired) electrons. The number of hydrogen-bond donors (Lipinski definition) is 2. The van der Waals surface area contributed by atoms with E-state index in [1.165, 1.54) is 24.1 Å². The van der Waals surface area contributed by atoms with Crippen LogP contribution in [0.1, 0.15) is 86.7 Å². The predicted octanol–water partition coefficient (Wildman–Crippen LogP) is 3.85. The predicted molar refractivity (Wildman–Crippen MR) is 137 cm³/mol. The van der Waals surface area contributed by atoms with Crippen molar-refractivity contribution in [1.29, 1.82) is 0 Å². The summed E-state index contributed by atoms with van der Waals surface area (Å²) in [6.45, 7) is 7.04. The van der Waals surface area contributed by atoms with Gasteiger partial charge in [0.25, 0.3) is 5.91 Å². The van der Waals surface area contributed by atoms with Crippen molar-refractivity contribution in [2.45, 2.75) is 83.6 Å². The van der Waals surface area contributed by atoms with E-state index in [4.69, 9.17) is 9.97 Å². The van der Waals surface area contributed by atoms with Crippen LogP contribution in [0.25, 0.3) is 0 Å². The third-order valence-electron chi connectivity index (χ3n) is 7.20. The molecule has 0 aromatic carbocycles.